The number of hydrogen-bond donors (Lipinski definition) is 1. The number of nitrogens with one attached hydrogen (secondary N) is 1. The average Bonchev–Trinajstić information content (AvgIpc) is 2.60. The zero-order chi connectivity index (χ0) is 10.1. The van der Waals surface area contributed by atoms with Gasteiger partial charge in [-0.15, -0.1) is 0 Å². The number of fused-ring (bicyclic) bond motifs is 1. The second kappa shape index (κ2) is 3.70. The molecular formula is C13H16N2. The molecule has 2 nitrogen and oxygen atoms in total. The summed E-state index contributed by atoms with van der Waals surface area (Å²) in [6.45, 7) is 3.80. The van der Waals surface area contributed by atoms with E-state index in [1.54, 1.807) is 0 Å². The molecule has 1 aliphatic rings. The Balaban J connectivity index is 1.78. The standard InChI is InChI=1S/C13H16N2/c1-2-5-13-12(4-1)11(10-14-13)6-9-15-7-3-8-15/h1-2,4-5,10,14H,3,6-9H2. The summed E-state index contributed by atoms with van der Waals surface area (Å²) in [7, 11) is 0. The van der Waals surface area contributed by atoms with E-state index in [1.807, 2.05) is 0 Å². The van der Waals surface area contributed by atoms with E-state index in [2.05, 4.69) is 40.3 Å². The molecule has 15 heavy (non-hydrogen) atoms. The van der Waals surface area contributed by atoms with Crippen molar-refractivity contribution in [1.29, 1.82) is 0 Å². The highest BCUT2D eigenvalue weighted by Crippen LogP contribution is 2.19. The topological polar surface area (TPSA) is 19.0 Å². The van der Waals surface area contributed by atoms with E-state index in [1.165, 1.54) is 48.9 Å². The van der Waals surface area contributed by atoms with E-state index in [0.29, 0.717) is 0 Å². The molecule has 3 rings (SSSR count). The summed E-state index contributed by atoms with van der Waals surface area (Å²) < 4.78 is 0. The Morgan fingerprint density at radius 2 is 2.07 bits per heavy atom. The molecule has 0 aliphatic carbocycles. The van der Waals surface area contributed by atoms with Gasteiger partial charge < -0.3 is 9.88 Å². The van der Waals surface area contributed by atoms with E-state index in [9.17, 15) is 0 Å². The van der Waals surface area contributed by atoms with Crippen molar-refractivity contribution < 1.29 is 0 Å². The lowest BCUT2D eigenvalue weighted by atomic mass is 10.1. The summed E-state index contributed by atoms with van der Waals surface area (Å²) in [5.41, 5.74) is 2.72. The third kappa shape index (κ3) is 1.65. The van der Waals surface area contributed by atoms with Crippen molar-refractivity contribution in [3.63, 3.8) is 0 Å². The Labute approximate surface area is 89.9 Å². The number of benzene rings is 1. The fraction of sp³-hybridized carbons (Fsp3) is 0.385. The van der Waals surface area contributed by atoms with Gasteiger partial charge in [0.1, 0.15) is 0 Å². The summed E-state index contributed by atoms with van der Waals surface area (Å²) in [5, 5.41) is 1.39. The molecular weight excluding hydrogens is 184 g/mol. The van der Waals surface area contributed by atoms with Crippen LogP contribution in [0.2, 0.25) is 0 Å². The third-order valence-electron chi connectivity index (χ3n) is 3.32. The van der Waals surface area contributed by atoms with Gasteiger partial charge in [-0.2, -0.15) is 0 Å². The van der Waals surface area contributed by atoms with Gasteiger partial charge in [0.2, 0.25) is 0 Å². The molecule has 1 N–H and O–H groups in total. The van der Waals surface area contributed by atoms with Gasteiger partial charge in [-0.1, -0.05) is 18.2 Å². The monoisotopic (exact) mass is 200 g/mol. The summed E-state index contributed by atoms with van der Waals surface area (Å²) >= 11 is 0. The molecule has 2 heterocycles. The normalized spacial score (nSPS) is 16.8. The number of hydrogen-bond acceptors (Lipinski definition) is 1. The molecule has 0 bridgehead atoms. The van der Waals surface area contributed by atoms with E-state index < -0.39 is 0 Å². The first-order valence-electron chi connectivity index (χ1n) is 5.71. The zero-order valence-electron chi connectivity index (χ0n) is 8.87. The van der Waals surface area contributed by atoms with Crippen LogP contribution in [0.15, 0.2) is 30.5 Å². The van der Waals surface area contributed by atoms with Crippen LogP contribution in [0.1, 0.15) is 12.0 Å². The fourth-order valence-corrected chi connectivity index (χ4v) is 2.22. The Hall–Kier alpha value is -1.28. The lowest BCUT2D eigenvalue weighted by Gasteiger charge is -2.30. The van der Waals surface area contributed by atoms with Crippen LogP contribution in [0.3, 0.4) is 0 Å². The predicted octanol–water partition coefficient (Wildman–Crippen LogP) is 2.42. The number of nitrogens with zero attached hydrogens (tertiary/aromatic N) is 1. The molecule has 1 aliphatic heterocycles. The van der Waals surface area contributed by atoms with Crippen molar-refractivity contribution >= 4 is 10.9 Å². The minimum absolute atomic E-state index is 1.17. The van der Waals surface area contributed by atoms with Gasteiger partial charge in [-0.3, -0.25) is 0 Å². The van der Waals surface area contributed by atoms with Crippen molar-refractivity contribution in [1.82, 2.24) is 9.88 Å². The first-order valence-corrected chi connectivity index (χ1v) is 5.71. The minimum Gasteiger partial charge on any atom is -0.361 e. The lowest BCUT2D eigenvalue weighted by Crippen LogP contribution is -2.38. The number of rotatable bonds is 3. The number of aromatic amines is 1. The van der Waals surface area contributed by atoms with Gasteiger partial charge in [0, 0.05) is 23.6 Å². The van der Waals surface area contributed by atoms with Crippen LogP contribution in [0.4, 0.5) is 0 Å². The molecule has 0 unspecified atom stereocenters. The van der Waals surface area contributed by atoms with E-state index in [4.69, 9.17) is 0 Å². The van der Waals surface area contributed by atoms with Crippen LogP contribution < -0.4 is 0 Å². The summed E-state index contributed by atoms with van der Waals surface area (Å²) in [6, 6.07) is 8.54. The van der Waals surface area contributed by atoms with Crippen LogP contribution in [-0.2, 0) is 6.42 Å². The molecule has 1 aromatic carbocycles. The maximum absolute atomic E-state index is 3.33. The van der Waals surface area contributed by atoms with E-state index >= 15 is 0 Å². The smallest absolute Gasteiger partial charge is 0.0456 e. The molecule has 1 saturated heterocycles. The molecule has 0 radical (unpaired) electrons. The molecule has 0 atom stereocenters. The van der Waals surface area contributed by atoms with Gasteiger partial charge in [0.05, 0.1) is 0 Å². The van der Waals surface area contributed by atoms with Crippen molar-refractivity contribution in [3.8, 4) is 0 Å². The molecule has 0 amide bonds. The first-order chi connectivity index (χ1) is 7.43. The fourth-order valence-electron chi connectivity index (χ4n) is 2.22. The highest BCUT2D eigenvalue weighted by atomic mass is 15.2. The molecule has 2 heteroatoms. The molecule has 2 aromatic rings. The van der Waals surface area contributed by atoms with Crippen molar-refractivity contribution in [3.05, 3.63) is 36.0 Å². The number of H-pyrrole nitrogens is 1. The summed E-state index contributed by atoms with van der Waals surface area (Å²) in [6.07, 6.45) is 4.71. The van der Waals surface area contributed by atoms with Gasteiger partial charge in [-0.05, 0) is 37.6 Å². The van der Waals surface area contributed by atoms with Gasteiger partial charge >= 0.3 is 0 Å². The van der Waals surface area contributed by atoms with E-state index in [0.717, 1.165) is 0 Å². The molecule has 1 aromatic heterocycles. The minimum atomic E-state index is 1.17. The number of para-hydroxylation sites is 1. The van der Waals surface area contributed by atoms with Crippen molar-refractivity contribution in [2.75, 3.05) is 19.6 Å². The van der Waals surface area contributed by atoms with Crippen LogP contribution >= 0.6 is 0 Å². The maximum Gasteiger partial charge on any atom is 0.0456 e. The van der Waals surface area contributed by atoms with Crippen LogP contribution in [0.25, 0.3) is 10.9 Å². The molecule has 1 fully saturated rings. The number of likely N-dealkylation sites (tertiary alicyclic amines) is 1. The highest BCUT2D eigenvalue weighted by Gasteiger charge is 2.13. The summed E-state index contributed by atoms with van der Waals surface area (Å²) in [5.74, 6) is 0. The second-order valence-corrected chi connectivity index (χ2v) is 4.30. The van der Waals surface area contributed by atoms with Crippen LogP contribution in [0.5, 0.6) is 0 Å². The molecule has 78 valence electrons. The first kappa shape index (κ1) is 8.98. The van der Waals surface area contributed by atoms with Crippen molar-refractivity contribution in [2.45, 2.75) is 12.8 Å². The Morgan fingerprint density at radius 1 is 1.20 bits per heavy atom. The maximum atomic E-state index is 3.33. The Bertz CT molecular complexity index is 454. The molecule has 0 saturated carbocycles. The van der Waals surface area contributed by atoms with Gasteiger partial charge in [0.15, 0.2) is 0 Å². The van der Waals surface area contributed by atoms with Gasteiger partial charge in [-0.25, -0.2) is 0 Å². The number of aromatic nitrogens is 1. The van der Waals surface area contributed by atoms with Crippen LogP contribution in [-0.4, -0.2) is 29.5 Å². The third-order valence-corrected chi connectivity index (χ3v) is 3.32. The average molecular weight is 200 g/mol. The largest absolute Gasteiger partial charge is 0.361 e. The zero-order valence-corrected chi connectivity index (χ0v) is 8.87. The SMILES string of the molecule is c1ccc2c(CCN3CCC3)c[nH]c2c1. The van der Waals surface area contributed by atoms with Gasteiger partial charge in [0.25, 0.3) is 0 Å². The Kier molecular flexibility index (Phi) is 2.22. The van der Waals surface area contributed by atoms with Crippen LogP contribution in [0, 0.1) is 0 Å². The quantitative estimate of drug-likeness (QED) is 0.806. The predicted molar refractivity (Wildman–Crippen MR) is 63.1 cm³/mol. The highest BCUT2D eigenvalue weighted by molar-refractivity contribution is 5.83. The van der Waals surface area contributed by atoms with Crippen molar-refractivity contribution in [2.24, 2.45) is 0 Å². The van der Waals surface area contributed by atoms with E-state index in [-0.39, 0.29) is 0 Å². The molecule has 0 spiro atoms. The summed E-state index contributed by atoms with van der Waals surface area (Å²) in [4.78, 5) is 5.85. The lowest BCUT2D eigenvalue weighted by molar-refractivity contribution is 0.184. The Morgan fingerprint density at radius 3 is 2.87 bits per heavy atom. The second-order valence-electron chi connectivity index (χ2n) is 4.30.